The van der Waals surface area contributed by atoms with Crippen LogP contribution in [0.5, 0.6) is 0 Å². The van der Waals surface area contributed by atoms with Crippen molar-refractivity contribution in [2.24, 2.45) is 4.99 Å². The van der Waals surface area contributed by atoms with E-state index in [0.717, 1.165) is 62.9 Å². The number of fused-ring (bicyclic) bond motifs is 1. The Balaban J connectivity index is 1.47. The van der Waals surface area contributed by atoms with Crippen molar-refractivity contribution >= 4 is 34.2 Å². The summed E-state index contributed by atoms with van der Waals surface area (Å²) in [6, 6.07) is 12.1. The van der Waals surface area contributed by atoms with E-state index in [4.69, 9.17) is 16.6 Å². The van der Waals surface area contributed by atoms with Crippen LogP contribution in [0.2, 0.25) is 5.02 Å². The van der Waals surface area contributed by atoms with E-state index < -0.39 is 0 Å². The average molecular weight is 475 g/mol. The van der Waals surface area contributed by atoms with Gasteiger partial charge in [0.2, 0.25) is 0 Å². The maximum atomic E-state index is 12.9. The van der Waals surface area contributed by atoms with Crippen molar-refractivity contribution in [3.8, 4) is 11.4 Å². The van der Waals surface area contributed by atoms with Gasteiger partial charge in [-0.15, -0.1) is 0 Å². The van der Waals surface area contributed by atoms with Gasteiger partial charge in [0.15, 0.2) is 0 Å². The number of aromatic nitrogens is 3. The van der Waals surface area contributed by atoms with Crippen LogP contribution in [-0.4, -0.2) is 40.4 Å². The highest BCUT2D eigenvalue weighted by molar-refractivity contribution is 6.31. The third-order valence-electron chi connectivity index (χ3n) is 6.29. The highest BCUT2D eigenvalue weighted by Gasteiger charge is 2.18. The predicted octanol–water partition coefficient (Wildman–Crippen LogP) is 4.75. The van der Waals surface area contributed by atoms with Crippen LogP contribution in [-0.2, 0) is 0 Å². The molecule has 0 amide bonds. The van der Waals surface area contributed by atoms with E-state index in [9.17, 15) is 4.79 Å². The molecule has 8 heteroatoms. The van der Waals surface area contributed by atoms with Gasteiger partial charge < -0.3 is 20.6 Å². The third kappa shape index (κ3) is 4.19. The Morgan fingerprint density at radius 2 is 2.00 bits per heavy atom. The van der Waals surface area contributed by atoms with E-state index >= 15 is 0 Å². The third-order valence-corrected chi connectivity index (χ3v) is 6.69. The van der Waals surface area contributed by atoms with Crippen LogP contribution in [0.25, 0.3) is 22.4 Å². The molecule has 1 aliphatic heterocycles. The fourth-order valence-electron chi connectivity index (χ4n) is 4.29. The van der Waals surface area contributed by atoms with Gasteiger partial charge in [0.1, 0.15) is 17.2 Å². The van der Waals surface area contributed by atoms with Crippen molar-refractivity contribution in [1.82, 2.24) is 20.3 Å². The number of hydrogen-bond donors (Lipinski definition) is 4. The highest BCUT2D eigenvalue weighted by atomic mass is 35.5. The molecule has 0 spiro atoms. The number of nitrogens with one attached hydrogen (secondary N) is 4. The lowest BCUT2D eigenvalue weighted by atomic mass is 9.99. The molecule has 0 aliphatic carbocycles. The molecule has 34 heavy (non-hydrogen) atoms. The standard InChI is InChI=1S/C26H27ClN6O/c1-14-4-5-17(11-19(14)27)16(3)13-31-20-6-7-30-26(34)22(20)25-32-21-12-18(24-28-8-9-29-24)10-15(2)23(21)33-25/h4-7,10-12,16H,8-9,13H2,1-3H3,(H,28,29)(H,32,33)(H2,30,31,34). The van der Waals surface area contributed by atoms with Gasteiger partial charge in [-0.25, -0.2) is 4.98 Å². The topological polar surface area (TPSA) is 98.0 Å². The highest BCUT2D eigenvalue weighted by Crippen LogP contribution is 2.28. The summed E-state index contributed by atoms with van der Waals surface area (Å²) in [6.45, 7) is 8.42. The van der Waals surface area contributed by atoms with Crippen LogP contribution in [0.4, 0.5) is 5.69 Å². The number of H-pyrrole nitrogens is 2. The molecule has 1 unspecified atom stereocenters. The first-order valence-electron chi connectivity index (χ1n) is 11.4. The van der Waals surface area contributed by atoms with E-state index in [1.165, 1.54) is 0 Å². The summed E-state index contributed by atoms with van der Waals surface area (Å²) in [6.07, 6.45) is 1.65. The van der Waals surface area contributed by atoms with Gasteiger partial charge in [0.25, 0.3) is 5.56 Å². The quantitative estimate of drug-likeness (QED) is 0.324. The number of nitrogens with zero attached hydrogens (tertiary/aromatic N) is 2. The number of hydrogen-bond acceptors (Lipinski definition) is 5. The summed E-state index contributed by atoms with van der Waals surface area (Å²) in [5, 5.41) is 7.52. The summed E-state index contributed by atoms with van der Waals surface area (Å²) in [5.41, 5.74) is 6.98. The molecule has 3 heterocycles. The molecule has 174 valence electrons. The van der Waals surface area contributed by atoms with E-state index in [-0.39, 0.29) is 11.5 Å². The Morgan fingerprint density at radius 3 is 2.76 bits per heavy atom. The van der Waals surface area contributed by atoms with E-state index in [2.05, 4.69) is 44.7 Å². The Hall–Kier alpha value is -3.58. The van der Waals surface area contributed by atoms with Gasteiger partial charge in [-0.3, -0.25) is 9.79 Å². The molecule has 2 aromatic carbocycles. The minimum Gasteiger partial charge on any atom is -0.384 e. The number of rotatable bonds is 6. The molecule has 4 N–H and O–H groups in total. The summed E-state index contributed by atoms with van der Waals surface area (Å²) in [7, 11) is 0. The molecular formula is C26H27ClN6O. The van der Waals surface area contributed by atoms with Crippen LogP contribution in [0.1, 0.15) is 35.1 Å². The second kappa shape index (κ2) is 8.99. The van der Waals surface area contributed by atoms with E-state index in [0.29, 0.717) is 17.9 Å². The number of imidazole rings is 1. The lowest BCUT2D eigenvalue weighted by Gasteiger charge is -2.16. The Kier molecular flexibility index (Phi) is 5.87. The van der Waals surface area contributed by atoms with E-state index in [1.54, 1.807) is 6.20 Å². The Morgan fingerprint density at radius 1 is 1.15 bits per heavy atom. The van der Waals surface area contributed by atoms with Crippen LogP contribution < -0.4 is 16.2 Å². The Bertz CT molecular complexity index is 1470. The van der Waals surface area contributed by atoms with Crippen molar-refractivity contribution in [3.05, 3.63) is 80.2 Å². The minimum atomic E-state index is -0.199. The molecule has 2 aromatic heterocycles. The maximum Gasteiger partial charge on any atom is 0.261 e. The summed E-state index contributed by atoms with van der Waals surface area (Å²) < 4.78 is 0. The lowest BCUT2D eigenvalue weighted by Crippen LogP contribution is -2.19. The summed E-state index contributed by atoms with van der Waals surface area (Å²) >= 11 is 6.32. The summed E-state index contributed by atoms with van der Waals surface area (Å²) in [5.74, 6) is 1.63. The van der Waals surface area contributed by atoms with Gasteiger partial charge in [0, 0.05) is 29.9 Å². The molecule has 0 radical (unpaired) electrons. The van der Waals surface area contributed by atoms with Gasteiger partial charge >= 0.3 is 0 Å². The molecule has 1 aliphatic rings. The predicted molar refractivity (Wildman–Crippen MR) is 139 cm³/mol. The van der Waals surface area contributed by atoms with Crippen molar-refractivity contribution in [2.45, 2.75) is 26.7 Å². The molecule has 0 bridgehead atoms. The minimum absolute atomic E-state index is 0.199. The van der Waals surface area contributed by atoms with Gasteiger partial charge in [0.05, 0.1) is 23.3 Å². The van der Waals surface area contributed by atoms with E-state index in [1.807, 2.05) is 38.1 Å². The average Bonchev–Trinajstić information content (AvgIpc) is 3.49. The number of anilines is 1. The zero-order valence-electron chi connectivity index (χ0n) is 19.4. The zero-order valence-corrected chi connectivity index (χ0v) is 20.2. The number of aliphatic imine (C=N–C) groups is 1. The first-order chi connectivity index (χ1) is 16.4. The molecule has 4 aromatic rings. The van der Waals surface area contributed by atoms with Crippen LogP contribution in [0.3, 0.4) is 0 Å². The largest absolute Gasteiger partial charge is 0.384 e. The first kappa shape index (κ1) is 22.2. The molecule has 0 saturated heterocycles. The SMILES string of the molecule is Cc1ccc(C(C)CNc2cc[nH]c(=O)c2-c2nc3c(C)cc(C4=NCCN4)cc3[nH]2)cc1Cl. The van der Waals surface area contributed by atoms with Crippen LogP contribution >= 0.6 is 11.6 Å². The normalized spacial score (nSPS) is 14.2. The van der Waals surface area contributed by atoms with Crippen molar-refractivity contribution < 1.29 is 0 Å². The number of pyridine rings is 1. The zero-order chi connectivity index (χ0) is 23.8. The smallest absolute Gasteiger partial charge is 0.261 e. The number of aryl methyl sites for hydroxylation is 2. The molecule has 0 saturated carbocycles. The maximum absolute atomic E-state index is 12.9. The van der Waals surface area contributed by atoms with Crippen molar-refractivity contribution in [2.75, 3.05) is 25.0 Å². The van der Waals surface area contributed by atoms with Gasteiger partial charge in [-0.1, -0.05) is 30.7 Å². The lowest BCUT2D eigenvalue weighted by molar-refractivity contribution is 0.804. The number of benzene rings is 2. The second-order valence-corrected chi connectivity index (χ2v) is 9.23. The van der Waals surface area contributed by atoms with Crippen LogP contribution in [0.15, 0.2) is 52.4 Å². The fourth-order valence-corrected chi connectivity index (χ4v) is 4.48. The molecule has 5 rings (SSSR count). The first-order valence-corrected chi connectivity index (χ1v) is 11.8. The second-order valence-electron chi connectivity index (χ2n) is 8.82. The van der Waals surface area contributed by atoms with Crippen molar-refractivity contribution in [3.63, 3.8) is 0 Å². The number of halogens is 1. The molecular weight excluding hydrogens is 448 g/mol. The Labute approximate surface area is 202 Å². The molecule has 7 nitrogen and oxygen atoms in total. The van der Waals surface area contributed by atoms with Gasteiger partial charge in [-0.05, 0) is 60.7 Å². The number of aromatic amines is 2. The molecule has 1 atom stereocenters. The van der Waals surface area contributed by atoms with Gasteiger partial charge in [-0.2, -0.15) is 0 Å². The fraction of sp³-hybridized carbons (Fsp3) is 0.269. The van der Waals surface area contributed by atoms with Crippen molar-refractivity contribution in [1.29, 1.82) is 0 Å². The summed E-state index contributed by atoms with van der Waals surface area (Å²) in [4.78, 5) is 28.3. The van der Waals surface area contributed by atoms with Crippen LogP contribution in [0, 0.1) is 13.8 Å². The monoisotopic (exact) mass is 474 g/mol. The number of amidine groups is 1. The molecule has 0 fully saturated rings.